The van der Waals surface area contributed by atoms with Gasteiger partial charge in [0.25, 0.3) is 0 Å². The Hall–Kier alpha value is -1.77. The Morgan fingerprint density at radius 1 is 1.38 bits per heavy atom. The van der Waals surface area contributed by atoms with Crippen molar-refractivity contribution in [1.29, 1.82) is 0 Å². The Morgan fingerprint density at radius 2 is 2.25 bits per heavy atom. The van der Waals surface area contributed by atoms with Gasteiger partial charge in [-0.2, -0.15) is 0 Å². The van der Waals surface area contributed by atoms with Gasteiger partial charge in [-0.3, -0.25) is 0 Å². The highest BCUT2D eigenvalue weighted by molar-refractivity contribution is 5.87. The third-order valence-corrected chi connectivity index (χ3v) is 3.14. The van der Waals surface area contributed by atoms with Crippen LogP contribution in [0.4, 0.5) is 5.69 Å². The maximum absolute atomic E-state index is 11.4. The lowest BCUT2D eigenvalue weighted by Gasteiger charge is -2.18. The molecule has 3 heteroatoms. The van der Waals surface area contributed by atoms with E-state index in [1.807, 2.05) is 13.0 Å². The number of aryl methyl sites for hydroxylation is 2. The summed E-state index contributed by atoms with van der Waals surface area (Å²) in [6.07, 6.45) is 2.07. The Balaban J connectivity index is 2.42. The zero-order chi connectivity index (χ0) is 11.1. The van der Waals surface area contributed by atoms with E-state index < -0.39 is 0 Å². The summed E-state index contributed by atoms with van der Waals surface area (Å²) >= 11 is 0. The number of fused-ring (bicyclic) bond motifs is 3. The van der Waals surface area contributed by atoms with E-state index in [4.69, 9.17) is 4.42 Å². The maximum atomic E-state index is 11.4. The quantitative estimate of drug-likeness (QED) is 0.686. The fourth-order valence-corrected chi connectivity index (χ4v) is 2.34. The summed E-state index contributed by atoms with van der Waals surface area (Å²) in [6, 6.07) is 5.64. The van der Waals surface area contributed by atoms with Crippen molar-refractivity contribution in [2.24, 2.45) is 0 Å². The molecule has 1 aromatic heterocycles. The zero-order valence-electron chi connectivity index (χ0n) is 9.17. The largest absolute Gasteiger partial charge is 0.422 e. The summed E-state index contributed by atoms with van der Waals surface area (Å²) in [5, 5.41) is 4.38. The van der Waals surface area contributed by atoms with Gasteiger partial charge in [0.05, 0.1) is 0 Å². The van der Waals surface area contributed by atoms with Crippen LogP contribution in [-0.4, -0.2) is 6.54 Å². The monoisotopic (exact) mass is 215 g/mol. The molecule has 1 N–H and O–H groups in total. The topological polar surface area (TPSA) is 42.2 Å². The molecule has 0 fully saturated rings. The molecule has 1 aromatic carbocycles. The van der Waals surface area contributed by atoms with Gasteiger partial charge in [-0.15, -0.1) is 0 Å². The summed E-state index contributed by atoms with van der Waals surface area (Å²) in [6.45, 7) is 2.94. The van der Waals surface area contributed by atoms with Crippen LogP contribution in [0.5, 0.6) is 0 Å². The molecular weight excluding hydrogens is 202 g/mol. The molecule has 0 unspecified atom stereocenters. The van der Waals surface area contributed by atoms with Crippen molar-refractivity contribution < 1.29 is 4.42 Å². The van der Waals surface area contributed by atoms with E-state index in [1.165, 1.54) is 0 Å². The highest BCUT2D eigenvalue weighted by atomic mass is 16.4. The second-order valence-electron chi connectivity index (χ2n) is 4.25. The molecule has 0 radical (unpaired) electrons. The molecule has 3 rings (SSSR count). The molecule has 16 heavy (non-hydrogen) atoms. The fraction of sp³-hybridized carbons (Fsp3) is 0.308. The third-order valence-electron chi connectivity index (χ3n) is 3.14. The number of nitrogens with one attached hydrogen (secondary N) is 1. The minimum absolute atomic E-state index is 0.260. The summed E-state index contributed by atoms with van der Waals surface area (Å²) in [5.41, 5.74) is 3.73. The molecular formula is C13H13NO2. The lowest BCUT2D eigenvalue weighted by atomic mass is 9.99. The second kappa shape index (κ2) is 3.37. The lowest BCUT2D eigenvalue weighted by Crippen LogP contribution is -2.12. The van der Waals surface area contributed by atoms with Crippen LogP contribution in [0.15, 0.2) is 27.4 Å². The predicted octanol–water partition coefficient (Wildman–Crippen LogP) is 2.46. The van der Waals surface area contributed by atoms with Gasteiger partial charge in [-0.25, -0.2) is 4.79 Å². The van der Waals surface area contributed by atoms with Gasteiger partial charge in [-0.1, -0.05) is 0 Å². The Labute approximate surface area is 93.1 Å². The first-order chi connectivity index (χ1) is 7.75. The molecule has 1 aliphatic rings. The Morgan fingerprint density at radius 3 is 3.12 bits per heavy atom. The van der Waals surface area contributed by atoms with Crippen LogP contribution in [0.3, 0.4) is 0 Å². The van der Waals surface area contributed by atoms with E-state index in [9.17, 15) is 4.79 Å². The van der Waals surface area contributed by atoms with E-state index in [0.717, 1.165) is 47.2 Å². The summed E-state index contributed by atoms with van der Waals surface area (Å²) in [5.74, 6) is 0. The molecule has 0 aliphatic carbocycles. The Bertz CT molecular complexity index is 613. The maximum Gasteiger partial charge on any atom is 0.336 e. The van der Waals surface area contributed by atoms with Gasteiger partial charge in [0, 0.05) is 29.2 Å². The average molecular weight is 215 g/mol. The van der Waals surface area contributed by atoms with Crippen molar-refractivity contribution >= 4 is 16.7 Å². The zero-order valence-corrected chi connectivity index (χ0v) is 9.17. The molecule has 82 valence electrons. The molecule has 2 heterocycles. The standard InChI is InChI=1S/C13H13NO2/c1-8-7-12(15)16-13-9(8)4-5-11-10(13)3-2-6-14-11/h4-5,7,14H,2-3,6H2,1H3. The van der Waals surface area contributed by atoms with Crippen LogP contribution < -0.4 is 10.9 Å². The highest BCUT2D eigenvalue weighted by Gasteiger charge is 2.14. The molecule has 0 saturated heterocycles. The number of hydrogen-bond acceptors (Lipinski definition) is 3. The fourth-order valence-electron chi connectivity index (χ4n) is 2.34. The van der Waals surface area contributed by atoms with Gasteiger partial charge < -0.3 is 9.73 Å². The van der Waals surface area contributed by atoms with Gasteiger partial charge in [0.15, 0.2) is 0 Å². The van der Waals surface area contributed by atoms with E-state index >= 15 is 0 Å². The molecule has 0 atom stereocenters. The number of rotatable bonds is 0. The summed E-state index contributed by atoms with van der Waals surface area (Å²) in [7, 11) is 0. The molecule has 2 aromatic rings. The van der Waals surface area contributed by atoms with Crippen molar-refractivity contribution in [3.8, 4) is 0 Å². The SMILES string of the molecule is Cc1cc(=O)oc2c3c(ccc12)NCCC3. The second-order valence-corrected chi connectivity index (χ2v) is 4.25. The van der Waals surface area contributed by atoms with Gasteiger partial charge in [0.1, 0.15) is 5.58 Å². The van der Waals surface area contributed by atoms with Gasteiger partial charge in [0.2, 0.25) is 0 Å². The normalized spacial score (nSPS) is 14.6. The smallest absolute Gasteiger partial charge is 0.336 e. The molecule has 3 nitrogen and oxygen atoms in total. The first-order valence-corrected chi connectivity index (χ1v) is 5.56. The van der Waals surface area contributed by atoms with Crippen LogP contribution in [-0.2, 0) is 6.42 Å². The molecule has 0 amide bonds. The summed E-state index contributed by atoms with van der Waals surface area (Å²) in [4.78, 5) is 11.4. The van der Waals surface area contributed by atoms with Crippen molar-refractivity contribution in [3.63, 3.8) is 0 Å². The Kier molecular flexibility index (Phi) is 1.99. The van der Waals surface area contributed by atoms with Crippen LogP contribution in [0.1, 0.15) is 17.5 Å². The van der Waals surface area contributed by atoms with Crippen LogP contribution >= 0.6 is 0 Å². The number of benzene rings is 1. The van der Waals surface area contributed by atoms with Crippen LogP contribution in [0.2, 0.25) is 0 Å². The highest BCUT2D eigenvalue weighted by Crippen LogP contribution is 2.30. The van der Waals surface area contributed by atoms with Crippen molar-refractivity contribution in [1.82, 2.24) is 0 Å². The number of anilines is 1. The van der Waals surface area contributed by atoms with E-state index in [-0.39, 0.29) is 5.63 Å². The first-order valence-electron chi connectivity index (χ1n) is 5.56. The third kappa shape index (κ3) is 1.32. The minimum Gasteiger partial charge on any atom is -0.422 e. The van der Waals surface area contributed by atoms with Crippen molar-refractivity contribution in [3.05, 3.63) is 39.7 Å². The van der Waals surface area contributed by atoms with Crippen LogP contribution in [0.25, 0.3) is 11.0 Å². The van der Waals surface area contributed by atoms with Crippen molar-refractivity contribution in [2.75, 3.05) is 11.9 Å². The van der Waals surface area contributed by atoms with Gasteiger partial charge in [-0.05, 0) is 37.5 Å². The van der Waals surface area contributed by atoms with E-state index in [0.29, 0.717) is 0 Å². The molecule has 0 bridgehead atoms. The average Bonchev–Trinajstić information content (AvgIpc) is 2.28. The molecule has 1 aliphatic heterocycles. The molecule has 0 spiro atoms. The number of hydrogen-bond donors (Lipinski definition) is 1. The predicted molar refractivity (Wildman–Crippen MR) is 64.0 cm³/mol. The lowest BCUT2D eigenvalue weighted by molar-refractivity contribution is 0.554. The molecule has 0 saturated carbocycles. The van der Waals surface area contributed by atoms with Crippen LogP contribution in [0, 0.1) is 6.92 Å². The first kappa shape index (κ1) is 9.46. The van der Waals surface area contributed by atoms with E-state index in [2.05, 4.69) is 11.4 Å². The van der Waals surface area contributed by atoms with Gasteiger partial charge >= 0.3 is 5.63 Å². The van der Waals surface area contributed by atoms with E-state index in [1.54, 1.807) is 6.07 Å². The summed E-state index contributed by atoms with van der Waals surface area (Å²) < 4.78 is 5.35. The van der Waals surface area contributed by atoms with Crippen molar-refractivity contribution in [2.45, 2.75) is 19.8 Å². The minimum atomic E-state index is -0.260.